The molecule has 0 saturated heterocycles. The lowest BCUT2D eigenvalue weighted by Gasteiger charge is -2.26. The Kier molecular flexibility index (Phi) is 8.08. The first-order chi connectivity index (χ1) is 9.20. The van der Waals surface area contributed by atoms with E-state index in [1.165, 1.54) is 0 Å². The Morgan fingerprint density at radius 1 is 1.33 bits per heavy atom. The normalized spacial score (nSPS) is 13.8. The number of carbonyl (C=O) groups is 1. The van der Waals surface area contributed by atoms with Gasteiger partial charge in [-0.2, -0.15) is 0 Å². The molecule has 1 rings (SSSR count). The number of carbonyl (C=O) groups excluding carboxylic acids is 1. The summed E-state index contributed by atoms with van der Waals surface area (Å²) in [5.41, 5.74) is 5.62. The first-order valence-electron chi connectivity index (χ1n) is 6.65. The largest absolute Gasteiger partial charge is 0.489 e. The standard InChI is InChI=1S/C15H23ClN2O2.ClH/c1-10(20-12-7-5-11(16)6-8-12)9-18-14(19)13(17)15(2,3)4;/h5-8,10,13H,9,17H2,1-4H3,(H,18,19);1H/t10?,13-;/m1./s1. The van der Waals surface area contributed by atoms with Crippen LogP contribution in [0.25, 0.3) is 0 Å². The van der Waals surface area contributed by atoms with Crippen LogP contribution in [0.3, 0.4) is 0 Å². The summed E-state index contributed by atoms with van der Waals surface area (Å²) < 4.78 is 5.67. The van der Waals surface area contributed by atoms with Crippen molar-refractivity contribution in [2.75, 3.05) is 6.54 Å². The van der Waals surface area contributed by atoms with Crippen molar-refractivity contribution in [2.45, 2.75) is 39.8 Å². The maximum absolute atomic E-state index is 11.9. The van der Waals surface area contributed by atoms with E-state index in [0.29, 0.717) is 11.6 Å². The number of hydrogen-bond acceptors (Lipinski definition) is 3. The highest BCUT2D eigenvalue weighted by atomic mass is 35.5. The SMILES string of the molecule is CC(CNC(=O)[C@@H](N)C(C)(C)C)Oc1ccc(Cl)cc1.Cl. The highest BCUT2D eigenvalue weighted by Crippen LogP contribution is 2.18. The Labute approximate surface area is 137 Å². The average Bonchev–Trinajstić information content (AvgIpc) is 2.36. The van der Waals surface area contributed by atoms with Gasteiger partial charge in [-0.3, -0.25) is 4.79 Å². The van der Waals surface area contributed by atoms with Crippen LogP contribution in [0, 0.1) is 5.41 Å². The number of benzene rings is 1. The number of amides is 1. The minimum Gasteiger partial charge on any atom is -0.489 e. The zero-order chi connectivity index (χ0) is 15.3. The Bertz CT molecular complexity index is 444. The van der Waals surface area contributed by atoms with Crippen LogP contribution in [0.2, 0.25) is 5.02 Å². The Morgan fingerprint density at radius 3 is 2.33 bits per heavy atom. The number of nitrogens with one attached hydrogen (secondary N) is 1. The molecule has 0 aliphatic rings. The Hall–Kier alpha value is -0.970. The zero-order valence-electron chi connectivity index (χ0n) is 12.9. The van der Waals surface area contributed by atoms with Crippen molar-refractivity contribution in [1.82, 2.24) is 5.32 Å². The molecule has 0 bridgehead atoms. The van der Waals surface area contributed by atoms with E-state index in [9.17, 15) is 4.79 Å². The van der Waals surface area contributed by atoms with Gasteiger partial charge < -0.3 is 15.8 Å². The molecule has 1 aromatic carbocycles. The van der Waals surface area contributed by atoms with E-state index in [1.807, 2.05) is 27.7 Å². The first-order valence-corrected chi connectivity index (χ1v) is 7.03. The van der Waals surface area contributed by atoms with Crippen LogP contribution < -0.4 is 15.8 Å². The third-order valence-corrected chi connectivity index (χ3v) is 3.18. The van der Waals surface area contributed by atoms with Crippen LogP contribution in [0.5, 0.6) is 5.75 Å². The lowest BCUT2D eigenvalue weighted by molar-refractivity contribution is -0.124. The molecule has 4 nitrogen and oxygen atoms in total. The van der Waals surface area contributed by atoms with E-state index in [4.69, 9.17) is 22.1 Å². The van der Waals surface area contributed by atoms with E-state index in [1.54, 1.807) is 24.3 Å². The summed E-state index contributed by atoms with van der Waals surface area (Å²) in [6.45, 7) is 8.10. The van der Waals surface area contributed by atoms with Gasteiger partial charge in [-0.15, -0.1) is 12.4 Å². The van der Waals surface area contributed by atoms with Crippen molar-refractivity contribution in [1.29, 1.82) is 0 Å². The van der Waals surface area contributed by atoms with E-state index < -0.39 is 6.04 Å². The molecule has 0 aromatic heterocycles. The van der Waals surface area contributed by atoms with Gasteiger partial charge in [0.15, 0.2) is 0 Å². The second kappa shape index (κ2) is 8.47. The molecule has 21 heavy (non-hydrogen) atoms. The summed E-state index contributed by atoms with van der Waals surface area (Å²) in [6.07, 6.45) is -0.146. The van der Waals surface area contributed by atoms with Crippen LogP contribution in [-0.4, -0.2) is 24.6 Å². The van der Waals surface area contributed by atoms with Gasteiger partial charge in [0.1, 0.15) is 11.9 Å². The molecule has 0 spiro atoms. The first kappa shape index (κ1) is 20.0. The van der Waals surface area contributed by atoms with Gasteiger partial charge in [0.2, 0.25) is 5.91 Å². The van der Waals surface area contributed by atoms with Gasteiger partial charge >= 0.3 is 0 Å². The van der Waals surface area contributed by atoms with Crippen LogP contribution in [0.1, 0.15) is 27.7 Å². The van der Waals surface area contributed by atoms with Gasteiger partial charge in [-0.1, -0.05) is 32.4 Å². The maximum Gasteiger partial charge on any atom is 0.237 e. The van der Waals surface area contributed by atoms with Crippen molar-refractivity contribution in [2.24, 2.45) is 11.1 Å². The van der Waals surface area contributed by atoms with Crippen molar-refractivity contribution in [3.8, 4) is 5.75 Å². The number of nitrogens with two attached hydrogens (primary N) is 1. The fraction of sp³-hybridized carbons (Fsp3) is 0.533. The number of hydrogen-bond donors (Lipinski definition) is 2. The molecule has 0 aliphatic carbocycles. The fourth-order valence-corrected chi connectivity index (χ4v) is 1.66. The second-order valence-corrected chi connectivity index (χ2v) is 6.41. The molecule has 0 radical (unpaired) electrons. The molecule has 120 valence electrons. The Balaban J connectivity index is 0.00000400. The van der Waals surface area contributed by atoms with Crippen molar-refractivity contribution >= 4 is 29.9 Å². The summed E-state index contributed by atoms with van der Waals surface area (Å²) in [7, 11) is 0. The molecule has 0 heterocycles. The monoisotopic (exact) mass is 334 g/mol. The minimum atomic E-state index is -0.537. The van der Waals surface area contributed by atoms with Crippen LogP contribution in [0.4, 0.5) is 0 Å². The third-order valence-electron chi connectivity index (χ3n) is 2.93. The van der Waals surface area contributed by atoms with E-state index in [2.05, 4.69) is 5.32 Å². The molecule has 0 saturated carbocycles. The van der Waals surface area contributed by atoms with Gasteiger partial charge in [0.25, 0.3) is 0 Å². The van der Waals surface area contributed by atoms with Gasteiger partial charge in [0, 0.05) is 5.02 Å². The molecule has 6 heteroatoms. The van der Waals surface area contributed by atoms with E-state index in [0.717, 1.165) is 5.75 Å². The molecule has 0 fully saturated rings. The lowest BCUT2D eigenvalue weighted by Crippen LogP contribution is -2.50. The van der Waals surface area contributed by atoms with Crippen LogP contribution in [-0.2, 0) is 4.79 Å². The number of ether oxygens (including phenoxy) is 1. The smallest absolute Gasteiger partial charge is 0.237 e. The summed E-state index contributed by atoms with van der Waals surface area (Å²) in [6, 6.07) is 6.57. The molecule has 2 atom stereocenters. The number of halogens is 2. The molecule has 1 unspecified atom stereocenters. The fourth-order valence-electron chi connectivity index (χ4n) is 1.53. The highest BCUT2D eigenvalue weighted by molar-refractivity contribution is 6.30. The predicted molar refractivity (Wildman–Crippen MR) is 89.2 cm³/mol. The van der Waals surface area contributed by atoms with Gasteiger partial charge in [-0.05, 0) is 36.6 Å². The van der Waals surface area contributed by atoms with Gasteiger partial charge in [-0.25, -0.2) is 0 Å². The molecular formula is C15H24Cl2N2O2. The molecular weight excluding hydrogens is 311 g/mol. The van der Waals surface area contributed by atoms with Crippen LogP contribution >= 0.6 is 24.0 Å². The summed E-state index contributed by atoms with van der Waals surface area (Å²) in [5.74, 6) is 0.556. The molecule has 1 amide bonds. The highest BCUT2D eigenvalue weighted by Gasteiger charge is 2.27. The lowest BCUT2D eigenvalue weighted by atomic mass is 9.87. The third kappa shape index (κ3) is 7.02. The van der Waals surface area contributed by atoms with E-state index in [-0.39, 0.29) is 29.8 Å². The summed E-state index contributed by atoms with van der Waals surface area (Å²) >= 11 is 5.80. The van der Waals surface area contributed by atoms with Crippen molar-refractivity contribution in [3.63, 3.8) is 0 Å². The maximum atomic E-state index is 11.9. The van der Waals surface area contributed by atoms with Gasteiger partial charge in [0.05, 0.1) is 12.6 Å². The predicted octanol–water partition coefficient (Wildman–Crippen LogP) is 3.02. The molecule has 1 aromatic rings. The zero-order valence-corrected chi connectivity index (χ0v) is 14.4. The van der Waals surface area contributed by atoms with E-state index >= 15 is 0 Å². The summed E-state index contributed by atoms with van der Waals surface area (Å²) in [4.78, 5) is 11.9. The quantitative estimate of drug-likeness (QED) is 0.869. The van der Waals surface area contributed by atoms with Crippen molar-refractivity contribution in [3.05, 3.63) is 29.3 Å². The molecule has 3 N–H and O–H groups in total. The minimum absolute atomic E-state index is 0. The van der Waals surface area contributed by atoms with Crippen molar-refractivity contribution < 1.29 is 9.53 Å². The Morgan fingerprint density at radius 2 is 1.86 bits per heavy atom. The molecule has 0 aliphatic heterocycles. The van der Waals surface area contributed by atoms with Crippen LogP contribution in [0.15, 0.2) is 24.3 Å². The average molecular weight is 335 g/mol. The number of rotatable bonds is 5. The second-order valence-electron chi connectivity index (χ2n) is 5.97. The summed E-state index contributed by atoms with van der Waals surface area (Å²) in [5, 5.41) is 3.47. The topological polar surface area (TPSA) is 64.4 Å².